The summed E-state index contributed by atoms with van der Waals surface area (Å²) < 4.78 is 0. The van der Waals surface area contributed by atoms with Crippen molar-refractivity contribution in [1.29, 1.82) is 0 Å². The Morgan fingerprint density at radius 2 is 2.38 bits per heavy atom. The van der Waals surface area contributed by atoms with Gasteiger partial charge in [-0.3, -0.25) is 15.7 Å². The van der Waals surface area contributed by atoms with Crippen LogP contribution in [0.15, 0.2) is 11.2 Å². The Bertz CT molecular complexity index is 361. The van der Waals surface area contributed by atoms with Crippen LogP contribution in [-0.2, 0) is 6.42 Å². The molecule has 2 N–H and O–H groups in total. The van der Waals surface area contributed by atoms with Crippen molar-refractivity contribution in [3.63, 3.8) is 0 Å². The Morgan fingerprint density at radius 1 is 1.54 bits per heavy atom. The van der Waals surface area contributed by atoms with E-state index in [9.17, 15) is 0 Å². The summed E-state index contributed by atoms with van der Waals surface area (Å²) in [6, 6.07) is 0. The van der Waals surface area contributed by atoms with E-state index in [2.05, 4.69) is 15.0 Å². The zero-order valence-corrected chi connectivity index (χ0v) is 7.28. The molecule has 0 saturated carbocycles. The molecule has 0 bridgehead atoms. The predicted octanol–water partition coefficient (Wildman–Crippen LogP) is 0.0665. The molecule has 1 aromatic rings. The Labute approximate surface area is 75.5 Å². The minimum Gasteiger partial charge on any atom is -0.290 e. The summed E-state index contributed by atoms with van der Waals surface area (Å²) >= 11 is 0. The third kappa shape index (κ3) is 1.38. The zero-order chi connectivity index (χ0) is 9.26. The third-order valence-corrected chi connectivity index (χ3v) is 1.97. The molecule has 0 saturated heterocycles. The molecule has 0 amide bonds. The predicted molar refractivity (Wildman–Crippen MR) is 46.8 cm³/mol. The van der Waals surface area contributed by atoms with Gasteiger partial charge in [-0.05, 0) is 6.92 Å². The number of nitrogens with one attached hydrogen (secondary N) is 1. The standard InChI is InChI=1S/C8H10N4O/c1-5-10-4-6-7(11-5)2-3-9-8(6)12-13/h4,13H,2-3H2,1H3,(H,9,12). The monoisotopic (exact) mass is 178 g/mol. The molecule has 5 heteroatoms. The van der Waals surface area contributed by atoms with Gasteiger partial charge >= 0.3 is 0 Å². The molecule has 1 aliphatic heterocycles. The molecule has 0 fully saturated rings. The molecular weight excluding hydrogens is 168 g/mol. The van der Waals surface area contributed by atoms with Gasteiger partial charge in [0.1, 0.15) is 5.82 Å². The largest absolute Gasteiger partial charge is 0.290 e. The molecule has 0 unspecified atom stereocenters. The summed E-state index contributed by atoms with van der Waals surface area (Å²) in [6.45, 7) is 2.50. The van der Waals surface area contributed by atoms with Crippen molar-refractivity contribution in [2.45, 2.75) is 13.3 Å². The average Bonchev–Trinajstić information content (AvgIpc) is 2.16. The highest BCUT2D eigenvalue weighted by Crippen LogP contribution is 2.11. The van der Waals surface area contributed by atoms with Gasteiger partial charge in [-0.1, -0.05) is 0 Å². The zero-order valence-electron chi connectivity index (χ0n) is 7.28. The molecule has 2 heterocycles. The molecule has 0 radical (unpaired) electrons. The molecule has 13 heavy (non-hydrogen) atoms. The second-order valence-corrected chi connectivity index (χ2v) is 2.87. The van der Waals surface area contributed by atoms with Crippen LogP contribution in [0.2, 0.25) is 0 Å². The summed E-state index contributed by atoms with van der Waals surface area (Å²) in [7, 11) is 0. The number of hydroxylamine groups is 1. The summed E-state index contributed by atoms with van der Waals surface area (Å²) in [5, 5.41) is 8.77. The van der Waals surface area contributed by atoms with Gasteiger partial charge in [0.15, 0.2) is 5.84 Å². The summed E-state index contributed by atoms with van der Waals surface area (Å²) in [6.07, 6.45) is 2.49. The second kappa shape index (κ2) is 3.10. The fourth-order valence-electron chi connectivity index (χ4n) is 1.36. The number of aliphatic imine (C=N–C) groups is 1. The maximum atomic E-state index is 8.77. The Kier molecular flexibility index (Phi) is 1.94. The molecule has 68 valence electrons. The number of aryl methyl sites for hydroxylation is 1. The highest BCUT2D eigenvalue weighted by Gasteiger charge is 2.14. The fraction of sp³-hybridized carbons (Fsp3) is 0.375. The maximum Gasteiger partial charge on any atom is 0.155 e. The molecule has 1 aliphatic rings. The van der Waals surface area contributed by atoms with Crippen molar-refractivity contribution < 1.29 is 5.21 Å². The highest BCUT2D eigenvalue weighted by molar-refractivity contribution is 5.99. The van der Waals surface area contributed by atoms with Crippen molar-refractivity contribution in [1.82, 2.24) is 15.4 Å². The summed E-state index contributed by atoms with van der Waals surface area (Å²) in [5.74, 6) is 1.21. The van der Waals surface area contributed by atoms with E-state index in [-0.39, 0.29) is 0 Å². The first-order valence-electron chi connectivity index (χ1n) is 4.08. The topological polar surface area (TPSA) is 70.4 Å². The number of rotatable bonds is 0. The van der Waals surface area contributed by atoms with Crippen LogP contribution < -0.4 is 5.48 Å². The van der Waals surface area contributed by atoms with Crippen LogP contribution in [0.25, 0.3) is 0 Å². The third-order valence-electron chi connectivity index (χ3n) is 1.97. The molecule has 5 nitrogen and oxygen atoms in total. The number of nitrogens with zero attached hydrogens (tertiary/aromatic N) is 3. The summed E-state index contributed by atoms with van der Waals surface area (Å²) in [5.41, 5.74) is 3.78. The van der Waals surface area contributed by atoms with E-state index in [1.54, 1.807) is 6.20 Å². The minimum absolute atomic E-state index is 0.459. The lowest BCUT2D eigenvalue weighted by molar-refractivity contribution is 0.234. The van der Waals surface area contributed by atoms with Crippen LogP contribution in [0.1, 0.15) is 17.1 Å². The molecule has 1 aromatic heterocycles. The Balaban J connectivity index is 2.49. The first-order valence-corrected chi connectivity index (χ1v) is 4.08. The first kappa shape index (κ1) is 8.12. The molecular formula is C8H10N4O. The van der Waals surface area contributed by atoms with Crippen molar-refractivity contribution in [2.75, 3.05) is 6.54 Å². The number of amidine groups is 1. The van der Waals surface area contributed by atoms with Crippen LogP contribution in [0.4, 0.5) is 0 Å². The van der Waals surface area contributed by atoms with E-state index in [1.807, 2.05) is 12.4 Å². The SMILES string of the molecule is Cc1ncc2c(n1)CCN=C2NO. The fourth-order valence-corrected chi connectivity index (χ4v) is 1.36. The quantitative estimate of drug-likeness (QED) is 0.551. The molecule has 0 aliphatic carbocycles. The number of hydrogen-bond acceptors (Lipinski definition) is 5. The van der Waals surface area contributed by atoms with E-state index in [0.717, 1.165) is 23.5 Å². The smallest absolute Gasteiger partial charge is 0.155 e. The normalized spacial score (nSPS) is 14.8. The lowest BCUT2D eigenvalue weighted by Crippen LogP contribution is -2.26. The Morgan fingerprint density at radius 3 is 3.15 bits per heavy atom. The van der Waals surface area contributed by atoms with E-state index < -0.39 is 0 Å². The van der Waals surface area contributed by atoms with Crippen LogP contribution in [0.5, 0.6) is 0 Å². The van der Waals surface area contributed by atoms with Gasteiger partial charge < -0.3 is 0 Å². The lowest BCUT2D eigenvalue weighted by atomic mass is 10.1. The summed E-state index contributed by atoms with van der Waals surface area (Å²) in [4.78, 5) is 12.4. The second-order valence-electron chi connectivity index (χ2n) is 2.87. The van der Waals surface area contributed by atoms with Crippen LogP contribution in [0, 0.1) is 6.92 Å². The van der Waals surface area contributed by atoms with E-state index in [1.165, 1.54) is 0 Å². The van der Waals surface area contributed by atoms with Crippen molar-refractivity contribution in [3.05, 3.63) is 23.3 Å². The molecule has 0 atom stereocenters. The van der Waals surface area contributed by atoms with E-state index >= 15 is 0 Å². The number of hydrogen-bond donors (Lipinski definition) is 2. The van der Waals surface area contributed by atoms with E-state index in [4.69, 9.17) is 5.21 Å². The molecule has 2 rings (SSSR count). The van der Waals surface area contributed by atoms with Crippen molar-refractivity contribution in [3.8, 4) is 0 Å². The van der Waals surface area contributed by atoms with Crippen LogP contribution >= 0.6 is 0 Å². The van der Waals surface area contributed by atoms with Gasteiger partial charge in [0.05, 0.1) is 11.3 Å². The lowest BCUT2D eigenvalue weighted by Gasteiger charge is -2.14. The molecule has 0 aromatic carbocycles. The molecule has 0 spiro atoms. The van der Waals surface area contributed by atoms with Gasteiger partial charge in [0.2, 0.25) is 0 Å². The van der Waals surface area contributed by atoms with Crippen molar-refractivity contribution >= 4 is 5.84 Å². The van der Waals surface area contributed by atoms with E-state index in [0.29, 0.717) is 12.4 Å². The number of fused-ring (bicyclic) bond motifs is 1. The van der Waals surface area contributed by atoms with Gasteiger partial charge in [-0.25, -0.2) is 9.97 Å². The van der Waals surface area contributed by atoms with Gasteiger partial charge in [-0.2, -0.15) is 0 Å². The van der Waals surface area contributed by atoms with Crippen molar-refractivity contribution in [2.24, 2.45) is 4.99 Å². The Hall–Kier alpha value is -1.49. The number of aromatic nitrogens is 2. The maximum absolute atomic E-state index is 8.77. The highest BCUT2D eigenvalue weighted by atomic mass is 16.5. The van der Waals surface area contributed by atoms with Crippen LogP contribution in [0.3, 0.4) is 0 Å². The minimum atomic E-state index is 0.459. The average molecular weight is 178 g/mol. The van der Waals surface area contributed by atoms with Gasteiger partial charge in [0, 0.05) is 19.2 Å². The first-order chi connectivity index (χ1) is 6.31. The van der Waals surface area contributed by atoms with Gasteiger partial charge in [0.25, 0.3) is 0 Å². The van der Waals surface area contributed by atoms with Gasteiger partial charge in [-0.15, -0.1) is 0 Å². The van der Waals surface area contributed by atoms with Crippen LogP contribution in [-0.4, -0.2) is 27.6 Å².